The number of hydrogen-bond acceptors (Lipinski definition) is 4. The maximum atomic E-state index is 13.7. The molecule has 1 aromatic heterocycles. The van der Waals surface area contributed by atoms with Crippen LogP contribution in [-0.2, 0) is 21.2 Å². The largest absolute Gasteiger partial charge is 0.330 e. The molecule has 4 rings (SSSR count). The summed E-state index contributed by atoms with van der Waals surface area (Å²) in [6.07, 6.45) is 2.32. The van der Waals surface area contributed by atoms with E-state index in [-0.39, 0.29) is 23.4 Å². The van der Waals surface area contributed by atoms with Gasteiger partial charge in [-0.1, -0.05) is 59.1 Å². The van der Waals surface area contributed by atoms with Crippen molar-refractivity contribution in [1.82, 2.24) is 9.21 Å². The van der Waals surface area contributed by atoms with Gasteiger partial charge in [-0.3, -0.25) is 4.79 Å². The summed E-state index contributed by atoms with van der Waals surface area (Å²) in [6.45, 7) is 4.78. The lowest BCUT2D eigenvalue weighted by Gasteiger charge is -2.37. The monoisotopic (exact) mass is 560 g/mol. The number of unbranched alkanes of at least 4 members (excludes halogenated alkanes) is 1. The average Bonchev–Trinajstić information content (AvgIpc) is 3.31. The van der Waals surface area contributed by atoms with Crippen LogP contribution in [0.25, 0.3) is 0 Å². The van der Waals surface area contributed by atoms with E-state index in [9.17, 15) is 13.2 Å². The van der Waals surface area contributed by atoms with E-state index in [1.807, 2.05) is 18.7 Å². The van der Waals surface area contributed by atoms with Crippen molar-refractivity contribution in [2.24, 2.45) is 0 Å². The first-order valence-corrected chi connectivity index (χ1v) is 14.6. The molecule has 0 spiro atoms. The van der Waals surface area contributed by atoms with Crippen LogP contribution in [-0.4, -0.2) is 43.2 Å². The van der Waals surface area contributed by atoms with Crippen molar-refractivity contribution in [2.45, 2.75) is 44.0 Å². The molecular formula is C26H29BrN2O3S2. The molecule has 3 aromatic rings. The lowest BCUT2D eigenvalue weighted by atomic mass is 9.92. The van der Waals surface area contributed by atoms with Crippen LogP contribution >= 0.6 is 27.3 Å². The molecule has 1 amide bonds. The second kappa shape index (κ2) is 10.7. The molecule has 0 saturated carbocycles. The number of hydrogen-bond donors (Lipinski definition) is 0. The van der Waals surface area contributed by atoms with E-state index < -0.39 is 10.0 Å². The van der Waals surface area contributed by atoms with Crippen LogP contribution in [0.15, 0.2) is 69.3 Å². The Morgan fingerprint density at radius 1 is 1.12 bits per heavy atom. The van der Waals surface area contributed by atoms with Crippen molar-refractivity contribution in [3.63, 3.8) is 0 Å². The Morgan fingerprint density at radius 3 is 2.50 bits per heavy atom. The molecule has 2 heterocycles. The van der Waals surface area contributed by atoms with Crippen LogP contribution < -0.4 is 0 Å². The van der Waals surface area contributed by atoms with Gasteiger partial charge >= 0.3 is 0 Å². The molecule has 5 nitrogen and oxygen atoms in total. The number of rotatable bonds is 8. The van der Waals surface area contributed by atoms with Gasteiger partial charge in [0.2, 0.25) is 15.9 Å². The normalized spacial score (nSPS) is 16.0. The Kier molecular flexibility index (Phi) is 7.92. The molecule has 0 bridgehead atoms. The Labute approximate surface area is 214 Å². The first kappa shape index (κ1) is 25.1. The molecule has 1 aliphatic rings. The highest BCUT2D eigenvalue weighted by molar-refractivity contribution is 9.10. The Balaban J connectivity index is 1.64. The van der Waals surface area contributed by atoms with Gasteiger partial charge in [-0.15, -0.1) is 11.3 Å². The summed E-state index contributed by atoms with van der Waals surface area (Å²) in [7, 11) is -3.79. The third kappa shape index (κ3) is 5.30. The molecule has 0 N–H and O–H groups in total. The highest BCUT2D eigenvalue weighted by Gasteiger charge is 2.35. The highest BCUT2D eigenvalue weighted by Crippen LogP contribution is 2.38. The summed E-state index contributed by atoms with van der Waals surface area (Å²) < 4.78 is 29.1. The van der Waals surface area contributed by atoms with Gasteiger partial charge in [-0.2, -0.15) is 4.31 Å². The molecule has 34 heavy (non-hydrogen) atoms. The van der Waals surface area contributed by atoms with Crippen molar-refractivity contribution in [3.05, 3.63) is 86.0 Å². The number of amides is 1. The van der Waals surface area contributed by atoms with Crippen molar-refractivity contribution < 1.29 is 13.2 Å². The average molecular weight is 562 g/mol. The Hall–Kier alpha value is -2.00. The molecule has 8 heteroatoms. The number of nitrogens with zero attached hydrogens (tertiary/aromatic N) is 2. The van der Waals surface area contributed by atoms with Crippen LogP contribution in [0, 0.1) is 6.92 Å². The van der Waals surface area contributed by atoms with Gasteiger partial charge in [-0.05, 0) is 66.6 Å². The minimum Gasteiger partial charge on any atom is -0.330 e. The van der Waals surface area contributed by atoms with Crippen LogP contribution in [0.3, 0.4) is 0 Å². The quantitative estimate of drug-likeness (QED) is 0.350. The number of fused-ring (bicyclic) bond motifs is 1. The summed E-state index contributed by atoms with van der Waals surface area (Å²) >= 11 is 5.08. The minimum absolute atomic E-state index is 0.166. The highest BCUT2D eigenvalue weighted by atomic mass is 79.9. The van der Waals surface area contributed by atoms with Gasteiger partial charge in [0, 0.05) is 22.4 Å². The molecule has 1 unspecified atom stereocenters. The van der Waals surface area contributed by atoms with Crippen molar-refractivity contribution >= 4 is 43.2 Å². The summed E-state index contributed by atoms with van der Waals surface area (Å²) in [5, 5.41) is 2.07. The van der Waals surface area contributed by atoms with Gasteiger partial charge in [0.15, 0.2) is 0 Å². The standard InChI is InChI=1S/C26H29BrN2O3S2/c1-3-4-15-28(34(31,32)22-11-9-21(27)10-12-22)18-25(30)29-16-13-24-23(14-17-33-24)26(29)20-7-5-19(2)6-8-20/h5-12,14,17,26H,3-4,13,15-16,18H2,1-2H3. The van der Waals surface area contributed by atoms with E-state index in [1.165, 1.54) is 9.18 Å². The van der Waals surface area contributed by atoms with Gasteiger partial charge in [0.1, 0.15) is 0 Å². The smallest absolute Gasteiger partial charge is 0.243 e. The number of thiophene rings is 1. The fourth-order valence-electron chi connectivity index (χ4n) is 4.31. The first-order valence-electron chi connectivity index (χ1n) is 11.5. The third-order valence-electron chi connectivity index (χ3n) is 6.20. The van der Waals surface area contributed by atoms with Crippen LogP contribution in [0.5, 0.6) is 0 Å². The summed E-state index contributed by atoms with van der Waals surface area (Å²) in [6, 6.07) is 16.7. The second-order valence-corrected chi connectivity index (χ2v) is 12.4. The van der Waals surface area contributed by atoms with Gasteiger partial charge in [0.25, 0.3) is 0 Å². The Bertz CT molecular complexity index is 1240. The molecule has 180 valence electrons. The fraction of sp³-hybridized carbons (Fsp3) is 0.346. The molecule has 0 radical (unpaired) electrons. The number of carbonyl (C=O) groups is 1. The van der Waals surface area contributed by atoms with Gasteiger partial charge < -0.3 is 4.90 Å². The van der Waals surface area contributed by atoms with E-state index in [1.54, 1.807) is 35.6 Å². The number of carbonyl (C=O) groups excluding carboxylic acids is 1. The van der Waals surface area contributed by atoms with Gasteiger partial charge in [-0.25, -0.2) is 8.42 Å². The molecule has 1 aliphatic heterocycles. The molecule has 0 aliphatic carbocycles. The van der Waals surface area contributed by atoms with E-state index in [0.717, 1.165) is 34.0 Å². The van der Waals surface area contributed by atoms with Crippen molar-refractivity contribution in [1.29, 1.82) is 0 Å². The number of sulfonamides is 1. The maximum Gasteiger partial charge on any atom is 0.243 e. The summed E-state index contributed by atoms with van der Waals surface area (Å²) in [5.41, 5.74) is 3.35. The van der Waals surface area contributed by atoms with Crippen molar-refractivity contribution in [3.8, 4) is 0 Å². The zero-order valence-corrected chi connectivity index (χ0v) is 22.6. The SMILES string of the molecule is CCCCN(CC(=O)N1CCc2sccc2C1c1ccc(C)cc1)S(=O)(=O)c1ccc(Br)cc1. The fourth-order valence-corrected chi connectivity index (χ4v) is 6.91. The Morgan fingerprint density at radius 2 is 1.82 bits per heavy atom. The minimum atomic E-state index is -3.79. The second-order valence-electron chi connectivity index (χ2n) is 8.60. The summed E-state index contributed by atoms with van der Waals surface area (Å²) in [4.78, 5) is 17.1. The molecule has 1 atom stereocenters. The van der Waals surface area contributed by atoms with Crippen LogP contribution in [0.4, 0.5) is 0 Å². The maximum absolute atomic E-state index is 13.7. The zero-order valence-electron chi connectivity index (χ0n) is 19.4. The predicted molar refractivity (Wildman–Crippen MR) is 141 cm³/mol. The number of aryl methyl sites for hydroxylation is 1. The van der Waals surface area contributed by atoms with E-state index in [4.69, 9.17) is 0 Å². The number of benzene rings is 2. The summed E-state index contributed by atoms with van der Waals surface area (Å²) in [5.74, 6) is -0.167. The van der Waals surface area contributed by atoms with E-state index in [0.29, 0.717) is 19.5 Å². The zero-order chi connectivity index (χ0) is 24.3. The lowest BCUT2D eigenvalue weighted by molar-refractivity contribution is -0.133. The van der Waals surface area contributed by atoms with E-state index in [2.05, 4.69) is 51.6 Å². The molecule has 2 aromatic carbocycles. The molecule has 0 saturated heterocycles. The van der Waals surface area contributed by atoms with E-state index >= 15 is 0 Å². The first-order chi connectivity index (χ1) is 16.3. The van der Waals surface area contributed by atoms with Gasteiger partial charge in [0.05, 0.1) is 17.5 Å². The van der Waals surface area contributed by atoms with Crippen LogP contribution in [0.2, 0.25) is 0 Å². The lowest BCUT2D eigenvalue weighted by Crippen LogP contribution is -2.47. The number of halogens is 1. The van der Waals surface area contributed by atoms with Crippen LogP contribution in [0.1, 0.15) is 47.4 Å². The topological polar surface area (TPSA) is 57.7 Å². The third-order valence-corrected chi connectivity index (χ3v) is 9.59. The molecular weight excluding hydrogens is 532 g/mol. The predicted octanol–water partition coefficient (Wildman–Crippen LogP) is 5.78. The van der Waals surface area contributed by atoms with Crippen molar-refractivity contribution in [2.75, 3.05) is 19.6 Å². The molecule has 0 fully saturated rings.